The highest BCUT2D eigenvalue weighted by molar-refractivity contribution is 5.70. The van der Waals surface area contributed by atoms with Gasteiger partial charge in [0.05, 0.1) is 40.3 Å². The van der Waals surface area contributed by atoms with E-state index in [1.54, 1.807) is 21.1 Å². The molecule has 0 spiro atoms. The second-order valence-corrected chi connectivity index (χ2v) is 18.0. The van der Waals surface area contributed by atoms with E-state index in [0.29, 0.717) is 12.8 Å². The minimum Gasteiger partial charge on any atom is -0.544 e. The first-order chi connectivity index (χ1) is 30.1. The third-order valence-corrected chi connectivity index (χ3v) is 11.1. The van der Waals surface area contributed by atoms with E-state index in [-0.39, 0.29) is 42.7 Å². The number of unbranched alkanes of at least 4 members (excludes halogenated alkanes) is 21. The first-order valence-corrected chi connectivity index (χ1v) is 25.3. The summed E-state index contributed by atoms with van der Waals surface area (Å²) in [6, 6.07) is -0.731. The Kier molecular flexibility index (Phi) is 42.5. The second-order valence-electron chi connectivity index (χ2n) is 18.0. The van der Waals surface area contributed by atoms with Gasteiger partial charge in [0, 0.05) is 19.3 Å². The van der Waals surface area contributed by atoms with Crippen LogP contribution in [-0.4, -0.2) is 75.5 Å². The number of likely N-dealkylation sites (N-methyl/N-ethyl adjacent to an activating group) is 1. The van der Waals surface area contributed by atoms with Gasteiger partial charge in [-0.2, -0.15) is 0 Å². The molecule has 8 heteroatoms. The Balaban J connectivity index is 4.29. The maximum absolute atomic E-state index is 12.8. The first kappa shape index (κ1) is 59.0. The van der Waals surface area contributed by atoms with E-state index in [4.69, 9.17) is 14.2 Å². The first-order valence-electron chi connectivity index (χ1n) is 25.3. The van der Waals surface area contributed by atoms with Crippen molar-refractivity contribution in [2.45, 2.75) is 225 Å². The molecule has 0 heterocycles. The van der Waals surface area contributed by atoms with Gasteiger partial charge in [-0.15, -0.1) is 0 Å². The maximum Gasteiger partial charge on any atom is 0.306 e. The van der Waals surface area contributed by atoms with Crippen LogP contribution in [0.1, 0.15) is 213 Å². The molecular formula is C54H95NO7. The molecule has 0 aliphatic heterocycles. The fourth-order valence-corrected chi connectivity index (χ4v) is 7.23. The summed E-state index contributed by atoms with van der Waals surface area (Å²) in [7, 11) is 5.41. The second kappa shape index (κ2) is 44.6. The molecule has 0 saturated carbocycles. The molecule has 0 fully saturated rings. The van der Waals surface area contributed by atoms with Gasteiger partial charge in [0.2, 0.25) is 0 Å². The van der Waals surface area contributed by atoms with Gasteiger partial charge >= 0.3 is 11.9 Å². The lowest BCUT2D eigenvalue weighted by atomic mass is 10.1. The number of allylic oxidation sites excluding steroid dienone is 10. The van der Waals surface area contributed by atoms with Crippen molar-refractivity contribution in [2.24, 2.45) is 0 Å². The van der Waals surface area contributed by atoms with Crippen LogP contribution < -0.4 is 5.11 Å². The van der Waals surface area contributed by atoms with Crippen LogP contribution in [0.5, 0.6) is 0 Å². The molecule has 0 aromatic rings. The summed E-state index contributed by atoms with van der Waals surface area (Å²) in [6.45, 7) is 4.54. The number of carbonyl (C=O) groups is 3. The quantitative estimate of drug-likeness (QED) is 0.0260. The van der Waals surface area contributed by atoms with Crippen LogP contribution in [-0.2, 0) is 28.6 Å². The molecule has 0 radical (unpaired) electrons. The van der Waals surface area contributed by atoms with Crippen LogP contribution in [0, 0.1) is 0 Å². The van der Waals surface area contributed by atoms with Crippen molar-refractivity contribution in [1.29, 1.82) is 0 Å². The Hall–Kier alpha value is -2.97. The highest BCUT2D eigenvalue weighted by Gasteiger charge is 2.25. The molecule has 0 saturated heterocycles. The molecule has 358 valence electrons. The van der Waals surface area contributed by atoms with Crippen LogP contribution in [0.3, 0.4) is 0 Å². The van der Waals surface area contributed by atoms with Crippen molar-refractivity contribution < 1.29 is 38.2 Å². The number of carboxylic acids is 1. The average molecular weight is 870 g/mol. The van der Waals surface area contributed by atoms with Crippen LogP contribution in [0.25, 0.3) is 0 Å². The zero-order valence-corrected chi connectivity index (χ0v) is 40.8. The monoisotopic (exact) mass is 870 g/mol. The number of aliphatic carboxylic acids is 1. The fraction of sp³-hybridized carbons (Fsp3) is 0.759. The predicted octanol–water partition coefficient (Wildman–Crippen LogP) is 13.2. The van der Waals surface area contributed by atoms with Gasteiger partial charge in [-0.25, -0.2) is 0 Å². The molecule has 2 unspecified atom stereocenters. The number of nitrogens with zero attached hydrogens (tertiary/aromatic N) is 1. The van der Waals surface area contributed by atoms with Gasteiger partial charge < -0.3 is 28.6 Å². The van der Waals surface area contributed by atoms with E-state index in [9.17, 15) is 19.5 Å². The van der Waals surface area contributed by atoms with E-state index in [0.717, 1.165) is 77.0 Å². The third-order valence-electron chi connectivity index (χ3n) is 11.1. The van der Waals surface area contributed by atoms with Gasteiger partial charge in [0.1, 0.15) is 12.6 Å². The number of rotatable bonds is 45. The number of quaternary nitrogens is 1. The van der Waals surface area contributed by atoms with Crippen LogP contribution in [0.4, 0.5) is 0 Å². The van der Waals surface area contributed by atoms with E-state index < -0.39 is 18.1 Å². The predicted molar refractivity (Wildman–Crippen MR) is 259 cm³/mol. The molecule has 2 atom stereocenters. The lowest BCUT2D eigenvalue weighted by molar-refractivity contribution is -0.889. The molecule has 0 aromatic carbocycles. The normalized spacial score (nSPS) is 13.4. The van der Waals surface area contributed by atoms with Crippen LogP contribution in [0.15, 0.2) is 60.8 Å². The SMILES string of the molecule is CC/C=C\C/C=C\C/C=C\C/C=C\CCCCCCCCC(=O)OC(COCCC(C(=O)[O-])[N+](C)(C)C)COC(=O)CCCCCCCCCCC/C=C\CCCCCCCC. The topological polar surface area (TPSA) is 102 Å². The number of esters is 2. The summed E-state index contributed by atoms with van der Waals surface area (Å²) >= 11 is 0. The molecule has 0 rings (SSSR count). The highest BCUT2D eigenvalue weighted by atomic mass is 16.6. The Labute approximate surface area is 381 Å². The largest absolute Gasteiger partial charge is 0.544 e. The molecule has 0 N–H and O–H groups in total. The summed E-state index contributed by atoms with van der Waals surface area (Å²) in [6.07, 6.45) is 55.3. The zero-order valence-electron chi connectivity index (χ0n) is 40.8. The molecule has 0 amide bonds. The molecule has 0 aliphatic carbocycles. The van der Waals surface area contributed by atoms with Crippen molar-refractivity contribution in [3.05, 3.63) is 60.8 Å². The summed E-state index contributed by atoms with van der Waals surface area (Å²) < 4.78 is 17.2. The Morgan fingerprint density at radius 1 is 0.500 bits per heavy atom. The van der Waals surface area contributed by atoms with Gasteiger partial charge in [-0.05, 0) is 77.0 Å². The summed E-state index contributed by atoms with van der Waals surface area (Å²) in [5, 5.41) is 11.7. The number of hydrogen-bond donors (Lipinski definition) is 0. The average Bonchev–Trinajstić information content (AvgIpc) is 3.23. The number of carboxylic acid groups (broad SMARTS) is 1. The van der Waals surface area contributed by atoms with Gasteiger partial charge in [0.15, 0.2) is 6.10 Å². The van der Waals surface area contributed by atoms with Crippen molar-refractivity contribution in [1.82, 2.24) is 0 Å². The van der Waals surface area contributed by atoms with Gasteiger partial charge in [-0.1, -0.05) is 177 Å². The maximum atomic E-state index is 12.8. The van der Waals surface area contributed by atoms with E-state index in [1.807, 2.05) is 0 Å². The minimum atomic E-state index is -1.13. The van der Waals surface area contributed by atoms with Crippen molar-refractivity contribution in [3.8, 4) is 0 Å². The van der Waals surface area contributed by atoms with Crippen molar-refractivity contribution in [2.75, 3.05) is 41.0 Å². The van der Waals surface area contributed by atoms with Gasteiger partial charge in [-0.3, -0.25) is 9.59 Å². The van der Waals surface area contributed by atoms with Crippen molar-refractivity contribution in [3.63, 3.8) is 0 Å². The number of ether oxygens (including phenoxy) is 3. The number of hydrogen-bond acceptors (Lipinski definition) is 7. The van der Waals surface area contributed by atoms with E-state index in [2.05, 4.69) is 74.6 Å². The highest BCUT2D eigenvalue weighted by Crippen LogP contribution is 2.15. The Morgan fingerprint density at radius 3 is 1.35 bits per heavy atom. The standard InChI is InChI=1S/C54H95NO7/c1-6-8-10-12-14-16-18-20-22-24-26-28-30-32-34-36-38-40-42-44-52(56)61-49-50(48-60-47-46-51(54(58)59)55(3,4)5)62-53(57)45-43-41-39-37-35-33-31-29-27-25-23-21-19-17-15-13-11-9-7-2/h9,11,15,17,20-23,27,29,50-51H,6-8,10,12-14,16,18-19,24-26,28,30-49H2,1-5H3/b11-9-,17-15-,22-20-,23-21-,29-27-. The molecule has 62 heavy (non-hydrogen) atoms. The third kappa shape index (κ3) is 42.3. The molecule has 0 aliphatic rings. The summed E-state index contributed by atoms with van der Waals surface area (Å²) in [4.78, 5) is 37.0. The Bertz CT molecular complexity index is 1200. The van der Waals surface area contributed by atoms with Crippen LogP contribution in [0.2, 0.25) is 0 Å². The Morgan fingerprint density at radius 2 is 0.903 bits per heavy atom. The molecule has 0 bridgehead atoms. The minimum absolute atomic E-state index is 0.0329. The number of carbonyl (C=O) groups excluding carboxylic acids is 3. The van der Waals surface area contributed by atoms with E-state index in [1.165, 1.54) is 103 Å². The molecule has 8 nitrogen and oxygen atoms in total. The van der Waals surface area contributed by atoms with Crippen molar-refractivity contribution >= 4 is 17.9 Å². The zero-order chi connectivity index (χ0) is 45.6. The molecular weight excluding hydrogens is 775 g/mol. The lowest BCUT2D eigenvalue weighted by Gasteiger charge is -2.34. The summed E-state index contributed by atoms with van der Waals surface area (Å²) in [5.74, 6) is -1.75. The summed E-state index contributed by atoms with van der Waals surface area (Å²) in [5.41, 5.74) is 0. The fourth-order valence-electron chi connectivity index (χ4n) is 7.23. The molecule has 0 aromatic heterocycles. The van der Waals surface area contributed by atoms with Gasteiger partial charge in [0.25, 0.3) is 0 Å². The smallest absolute Gasteiger partial charge is 0.306 e. The lowest BCUT2D eigenvalue weighted by Crippen LogP contribution is -2.55. The van der Waals surface area contributed by atoms with E-state index >= 15 is 0 Å². The van der Waals surface area contributed by atoms with Crippen LogP contribution >= 0.6 is 0 Å².